The average Bonchev–Trinajstić information content (AvgIpc) is 3.14. The summed E-state index contributed by atoms with van der Waals surface area (Å²) in [5.74, 6) is 1.41. The lowest BCUT2D eigenvalue weighted by atomic mass is 9.87. The molecule has 0 bridgehead atoms. The first kappa shape index (κ1) is 20.2. The highest BCUT2D eigenvalue weighted by Gasteiger charge is 2.27. The maximum Gasteiger partial charge on any atom is 0.263 e. The fourth-order valence-corrected chi connectivity index (χ4v) is 4.65. The third kappa shape index (κ3) is 4.30. The largest absolute Gasteiger partial charge is 0.497 e. The second-order valence-corrected chi connectivity index (χ2v) is 8.23. The number of thiophene rings is 1. The summed E-state index contributed by atoms with van der Waals surface area (Å²) in [6.45, 7) is 0.385. The van der Waals surface area contributed by atoms with Gasteiger partial charge >= 0.3 is 0 Å². The van der Waals surface area contributed by atoms with Crippen LogP contribution in [0.3, 0.4) is 0 Å². The number of carbonyl (C=O) groups is 2. The highest BCUT2D eigenvalue weighted by Crippen LogP contribution is 2.33. The van der Waals surface area contributed by atoms with Crippen LogP contribution in [0.25, 0.3) is 0 Å². The van der Waals surface area contributed by atoms with Crippen LogP contribution in [0.5, 0.6) is 11.5 Å². The zero-order chi connectivity index (χ0) is 20.3. The highest BCUT2D eigenvalue weighted by atomic mass is 32.1. The number of carbonyl (C=O) groups excluding carboxylic acids is 2. The number of hydrogen-bond donors (Lipinski definition) is 1. The van der Waals surface area contributed by atoms with Gasteiger partial charge in [-0.05, 0) is 49.1 Å². The Labute approximate surface area is 169 Å². The molecule has 1 aromatic heterocycles. The number of methoxy groups -OCH3 is 2. The van der Waals surface area contributed by atoms with E-state index < -0.39 is 0 Å². The zero-order valence-electron chi connectivity index (χ0n) is 16.7. The Bertz CT molecular complexity index is 875. The molecule has 0 fully saturated rings. The summed E-state index contributed by atoms with van der Waals surface area (Å²) >= 11 is 1.55. The van der Waals surface area contributed by atoms with Crippen LogP contribution in [0, 0.1) is 5.92 Å². The van der Waals surface area contributed by atoms with E-state index in [-0.39, 0.29) is 17.7 Å². The maximum atomic E-state index is 12.7. The number of fused-ring (bicyclic) bond motifs is 1. The third-order valence-corrected chi connectivity index (χ3v) is 6.24. The van der Waals surface area contributed by atoms with Gasteiger partial charge in [0.15, 0.2) is 0 Å². The van der Waals surface area contributed by atoms with Crippen molar-refractivity contribution in [1.82, 2.24) is 10.2 Å². The molecule has 2 aromatic rings. The molecule has 2 amide bonds. The van der Waals surface area contributed by atoms with E-state index in [0.717, 1.165) is 40.3 Å². The lowest BCUT2D eigenvalue weighted by molar-refractivity contribution is -0.125. The van der Waals surface area contributed by atoms with Crippen molar-refractivity contribution in [2.45, 2.75) is 25.8 Å². The van der Waals surface area contributed by atoms with Gasteiger partial charge in [0.2, 0.25) is 5.91 Å². The molecule has 0 saturated heterocycles. The smallest absolute Gasteiger partial charge is 0.263 e. The van der Waals surface area contributed by atoms with E-state index in [1.807, 2.05) is 24.3 Å². The van der Waals surface area contributed by atoms with Gasteiger partial charge in [0.05, 0.1) is 19.1 Å². The summed E-state index contributed by atoms with van der Waals surface area (Å²) in [5.41, 5.74) is 2.00. The lowest BCUT2D eigenvalue weighted by Crippen LogP contribution is -2.33. The molecule has 1 N–H and O–H groups in total. The van der Waals surface area contributed by atoms with Crippen LogP contribution in [-0.4, -0.2) is 45.0 Å². The van der Waals surface area contributed by atoms with Gasteiger partial charge in [-0.25, -0.2) is 0 Å². The van der Waals surface area contributed by atoms with Crippen molar-refractivity contribution in [2.75, 3.05) is 28.3 Å². The molecule has 0 radical (unpaired) electrons. The Morgan fingerprint density at radius 3 is 2.68 bits per heavy atom. The van der Waals surface area contributed by atoms with E-state index in [4.69, 9.17) is 9.47 Å². The first-order valence-electron chi connectivity index (χ1n) is 9.24. The van der Waals surface area contributed by atoms with Crippen LogP contribution in [0.4, 0.5) is 0 Å². The van der Waals surface area contributed by atoms with Gasteiger partial charge in [0, 0.05) is 37.0 Å². The molecule has 3 rings (SSSR count). The lowest BCUT2D eigenvalue weighted by Gasteiger charge is -2.21. The van der Waals surface area contributed by atoms with Gasteiger partial charge in [0.25, 0.3) is 5.91 Å². The van der Waals surface area contributed by atoms with Gasteiger partial charge in [-0.3, -0.25) is 9.59 Å². The number of amides is 2. The molecule has 1 aromatic carbocycles. The summed E-state index contributed by atoms with van der Waals surface area (Å²) < 4.78 is 10.6. The van der Waals surface area contributed by atoms with Crippen LogP contribution >= 0.6 is 11.3 Å². The van der Waals surface area contributed by atoms with Gasteiger partial charge < -0.3 is 19.7 Å². The van der Waals surface area contributed by atoms with Crippen molar-refractivity contribution in [3.05, 3.63) is 45.1 Å². The molecule has 0 aliphatic heterocycles. The number of ether oxygens (including phenoxy) is 2. The summed E-state index contributed by atoms with van der Waals surface area (Å²) in [6, 6.07) is 7.49. The van der Waals surface area contributed by atoms with E-state index in [1.54, 1.807) is 44.6 Å². The monoisotopic (exact) mass is 402 g/mol. The maximum absolute atomic E-state index is 12.7. The van der Waals surface area contributed by atoms with Gasteiger partial charge in [0.1, 0.15) is 11.5 Å². The third-order valence-electron chi connectivity index (χ3n) is 5.01. The van der Waals surface area contributed by atoms with E-state index in [2.05, 4.69) is 5.32 Å². The van der Waals surface area contributed by atoms with Crippen LogP contribution in [0.1, 0.15) is 32.1 Å². The second-order valence-electron chi connectivity index (χ2n) is 7.09. The molecule has 7 heteroatoms. The predicted octanol–water partition coefficient (Wildman–Crippen LogP) is 2.89. The van der Waals surface area contributed by atoms with Crippen molar-refractivity contribution < 1.29 is 19.1 Å². The topological polar surface area (TPSA) is 67.9 Å². The summed E-state index contributed by atoms with van der Waals surface area (Å²) in [4.78, 5) is 28.5. The highest BCUT2D eigenvalue weighted by molar-refractivity contribution is 7.14. The standard InChI is InChI=1S/C21H26N2O4S/c1-23(2)21(25)19-11-14-9-13(5-8-18(14)28-19)20(24)22-12-15-10-16(26-3)6-7-17(15)27-4/h6-7,10-11,13H,5,8-9,12H2,1-4H3,(H,22,24). The van der Waals surface area contributed by atoms with Crippen molar-refractivity contribution in [1.29, 1.82) is 0 Å². The first-order chi connectivity index (χ1) is 13.4. The molecular formula is C21H26N2O4S. The second kappa shape index (κ2) is 8.65. The van der Waals surface area contributed by atoms with E-state index in [9.17, 15) is 9.59 Å². The molecule has 1 heterocycles. The number of nitrogens with one attached hydrogen (secondary N) is 1. The van der Waals surface area contributed by atoms with Crippen LogP contribution in [0.15, 0.2) is 24.3 Å². The van der Waals surface area contributed by atoms with E-state index in [1.165, 1.54) is 4.88 Å². The Morgan fingerprint density at radius 2 is 2.00 bits per heavy atom. The minimum Gasteiger partial charge on any atom is -0.497 e. The SMILES string of the molecule is COc1ccc(OC)c(CNC(=O)C2CCc3sc(C(=O)N(C)C)cc3C2)c1. The zero-order valence-corrected chi connectivity index (χ0v) is 17.5. The fraction of sp³-hybridized carbons (Fsp3) is 0.429. The van der Waals surface area contributed by atoms with E-state index in [0.29, 0.717) is 13.0 Å². The van der Waals surface area contributed by atoms with Crippen molar-refractivity contribution in [3.63, 3.8) is 0 Å². The summed E-state index contributed by atoms with van der Waals surface area (Å²) in [6.07, 6.45) is 2.30. The van der Waals surface area contributed by atoms with Crippen molar-refractivity contribution >= 4 is 23.2 Å². The van der Waals surface area contributed by atoms with Gasteiger partial charge in [-0.15, -0.1) is 11.3 Å². The molecular weight excluding hydrogens is 376 g/mol. The van der Waals surface area contributed by atoms with Crippen LogP contribution < -0.4 is 14.8 Å². The van der Waals surface area contributed by atoms with Crippen molar-refractivity contribution in [2.24, 2.45) is 5.92 Å². The number of aryl methyl sites for hydroxylation is 1. The average molecular weight is 403 g/mol. The molecule has 1 aliphatic rings. The minimum atomic E-state index is -0.0824. The number of rotatable bonds is 6. The van der Waals surface area contributed by atoms with Gasteiger partial charge in [-0.2, -0.15) is 0 Å². The van der Waals surface area contributed by atoms with E-state index >= 15 is 0 Å². The Hall–Kier alpha value is -2.54. The van der Waals surface area contributed by atoms with Crippen LogP contribution in [-0.2, 0) is 24.2 Å². The van der Waals surface area contributed by atoms with Gasteiger partial charge in [-0.1, -0.05) is 0 Å². The molecule has 28 heavy (non-hydrogen) atoms. The Morgan fingerprint density at radius 1 is 1.21 bits per heavy atom. The summed E-state index contributed by atoms with van der Waals surface area (Å²) in [5, 5.41) is 3.03. The normalized spacial score (nSPS) is 15.5. The molecule has 0 saturated carbocycles. The van der Waals surface area contributed by atoms with Crippen LogP contribution in [0.2, 0.25) is 0 Å². The number of benzene rings is 1. The molecule has 1 unspecified atom stereocenters. The molecule has 1 atom stereocenters. The van der Waals surface area contributed by atoms with Crippen molar-refractivity contribution in [3.8, 4) is 11.5 Å². The molecule has 6 nitrogen and oxygen atoms in total. The molecule has 0 spiro atoms. The molecule has 150 valence electrons. The quantitative estimate of drug-likeness (QED) is 0.807. The Balaban J connectivity index is 1.65. The fourth-order valence-electron chi connectivity index (χ4n) is 3.42. The first-order valence-corrected chi connectivity index (χ1v) is 10.1. The summed E-state index contributed by atoms with van der Waals surface area (Å²) in [7, 11) is 6.73. The number of hydrogen-bond acceptors (Lipinski definition) is 5. The molecule has 1 aliphatic carbocycles. The number of nitrogens with zero attached hydrogens (tertiary/aromatic N) is 1. The predicted molar refractivity (Wildman–Crippen MR) is 109 cm³/mol. The minimum absolute atomic E-state index is 0.0190. The Kier molecular flexibility index (Phi) is 6.24.